The Hall–Kier alpha value is -1.90. The molecule has 1 aliphatic heterocycles. The lowest BCUT2D eigenvalue weighted by Crippen LogP contribution is -2.49. The summed E-state index contributed by atoms with van der Waals surface area (Å²) in [4.78, 5) is 19.8. The smallest absolute Gasteiger partial charge is 0.404 e. The lowest BCUT2D eigenvalue weighted by atomic mass is 9.85. The minimum Gasteiger partial charge on any atom is -0.481 e. The third kappa shape index (κ3) is 2.92. The predicted octanol–water partition coefficient (Wildman–Crippen LogP) is 1.27. The SMILES string of the molecule is COc1cc(C)nc(NC(=O)C2(C(F)(F)F)CCNC2)n1. The van der Waals surface area contributed by atoms with E-state index < -0.39 is 24.0 Å². The van der Waals surface area contributed by atoms with E-state index in [1.54, 1.807) is 6.92 Å². The quantitative estimate of drug-likeness (QED) is 0.879. The first-order valence-electron chi connectivity index (χ1n) is 6.27. The molecule has 2 heterocycles. The Morgan fingerprint density at radius 3 is 2.71 bits per heavy atom. The zero-order valence-corrected chi connectivity index (χ0v) is 11.5. The number of aryl methyl sites for hydroxylation is 1. The Morgan fingerprint density at radius 2 is 2.19 bits per heavy atom. The van der Waals surface area contributed by atoms with Crippen LogP contribution in [0.4, 0.5) is 19.1 Å². The Labute approximate surface area is 119 Å². The third-order valence-electron chi connectivity index (χ3n) is 3.40. The molecule has 1 saturated heterocycles. The maximum atomic E-state index is 13.2. The van der Waals surface area contributed by atoms with E-state index in [0.29, 0.717) is 5.69 Å². The molecule has 1 aliphatic rings. The van der Waals surface area contributed by atoms with Gasteiger partial charge in [0.2, 0.25) is 17.7 Å². The first-order chi connectivity index (χ1) is 9.78. The highest BCUT2D eigenvalue weighted by Crippen LogP contribution is 2.43. The average molecular weight is 304 g/mol. The molecule has 21 heavy (non-hydrogen) atoms. The molecule has 0 aliphatic carbocycles. The second-order valence-electron chi connectivity index (χ2n) is 4.84. The van der Waals surface area contributed by atoms with Crippen molar-refractivity contribution in [2.75, 3.05) is 25.5 Å². The van der Waals surface area contributed by atoms with E-state index >= 15 is 0 Å². The molecule has 1 amide bonds. The highest BCUT2D eigenvalue weighted by atomic mass is 19.4. The molecule has 1 aromatic rings. The molecule has 0 bridgehead atoms. The molecule has 1 aromatic heterocycles. The molecule has 0 spiro atoms. The van der Waals surface area contributed by atoms with E-state index in [2.05, 4.69) is 20.6 Å². The number of nitrogens with zero attached hydrogens (tertiary/aromatic N) is 2. The van der Waals surface area contributed by atoms with Crippen molar-refractivity contribution in [1.82, 2.24) is 15.3 Å². The molecule has 0 saturated carbocycles. The molecule has 1 unspecified atom stereocenters. The Morgan fingerprint density at radius 1 is 1.48 bits per heavy atom. The number of hydrogen-bond donors (Lipinski definition) is 2. The number of hydrogen-bond acceptors (Lipinski definition) is 5. The molecule has 0 radical (unpaired) electrons. The minimum absolute atomic E-state index is 0.130. The van der Waals surface area contributed by atoms with Crippen molar-refractivity contribution in [3.8, 4) is 5.88 Å². The zero-order valence-electron chi connectivity index (χ0n) is 11.5. The van der Waals surface area contributed by atoms with Gasteiger partial charge in [-0.3, -0.25) is 10.1 Å². The normalized spacial score (nSPS) is 22.1. The molecule has 1 fully saturated rings. The number of nitrogens with one attached hydrogen (secondary N) is 2. The number of methoxy groups -OCH3 is 1. The number of ether oxygens (including phenoxy) is 1. The van der Waals surface area contributed by atoms with Gasteiger partial charge in [-0.2, -0.15) is 18.2 Å². The topological polar surface area (TPSA) is 76.1 Å². The molecule has 2 rings (SSSR count). The van der Waals surface area contributed by atoms with Crippen LogP contribution in [0.5, 0.6) is 5.88 Å². The van der Waals surface area contributed by atoms with Gasteiger partial charge in [0, 0.05) is 18.3 Å². The summed E-state index contributed by atoms with van der Waals surface area (Å²) in [6.45, 7) is 1.30. The van der Waals surface area contributed by atoms with Gasteiger partial charge < -0.3 is 10.1 Å². The lowest BCUT2D eigenvalue weighted by molar-refractivity contribution is -0.213. The minimum atomic E-state index is -4.64. The maximum Gasteiger partial charge on any atom is 0.404 e. The number of rotatable bonds is 3. The summed E-state index contributed by atoms with van der Waals surface area (Å²) >= 11 is 0. The van der Waals surface area contributed by atoms with Crippen LogP contribution < -0.4 is 15.4 Å². The molecule has 6 nitrogen and oxygen atoms in total. The molecule has 2 N–H and O–H groups in total. The Bertz CT molecular complexity index is 542. The molecule has 0 aromatic carbocycles. The number of halogens is 3. The van der Waals surface area contributed by atoms with E-state index in [4.69, 9.17) is 4.74 Å². The fourth-order valence-corrected chi connectivity index (χ4v) is 2.18. The van der Waals surface area contributed by atoms with Gasteiger partial charge in [-0.1, -0.05) is 0 Å². The summed E-state index contributed by atoms with van der Waals surface area (Å²) in [6.07, 6.45) is -4.96. The van der Waals surface area contributed by atoms with Gasteiger partial charge in [0.1, 0.15) is 0 Å². The number of anilines is 1. The summed E-state index contributed by atoms with van der Waals surface area (Å²) in [5.74, 6) is -1.19. The van der Waals surface area contributed by atoms with Crippen LogP contribution in [0.2, 0.25) is 0 Å². The lowest BCUT2D eigenvalue weighted by Gasteiger charge is -2.28. The van der Waals surface area contributed by atoms with Crippen LogP contribution in [0.25, 0.3) is 0 Å². The first kappa shape index (κ1) is 15.5. The number of carbonyl (C=O) groups excluding carboxylic acids is 1. The zero-order chi connectivity index (χ0) is 15.7. The molecule has 116 valence electrons. The van der Waals surface area contributed by atoms with Crippen LogP contribution in [0.1, 0.15) is 12.1 Å². The average Bonchev–Trinajstić information content (AvgIpc) is 2.88. The van der Waals surface area contributed by atoms with Gasteiger partial charge >= 0.3 is 6.18 Å². The van der Waals surface area contributed by atoms with Crippen molar-refractivity contribution in [2.45, 2.75) is 19.5 Å². The summed E-state index contributed by atoms with van der Waals surface area (Å²) in [5.41, 5.74) is -1.98. The summed E-state index contributed by atoms with van der Waals surface area (Å²) in [6, 6.07) is 1.51. The predicted molar refractivity (Wildman–Crippen MR) is 67.9 cm³/mol. The van der Waals surface area contributed by atoms with Gasteiger partial charge in [0.25, 0.3) is 0 Å². The molecule has 9 heteroatoms. The Balaban J connectivity index is 2.26. The third-order valence-corrected chi connectivity index (χ3v) is 3.40. The first-order valence-corrected chi connectivity index (χ1v) is 6.27. The van der Waals surface area contributed by atoms with E-state index in [9.17, 15) is 18.0 Å². The number of aromatic nitrogens is 2. The second kappa shape index (κ2) is 5.47. The fourth-order valence-electron chi connectivity index (χ4n) is 2.18. The summed E-state index contributed by atoms with van der Waals surface area (Å²) in [5, 5.41) is 4.72. The van der Waals surface area contributed by atoms with E-state index in [-0.39, 0.29) is 24.8 Å². The molecular formula is C12H15F3N4O2. The number of alkyl halides is 3. The standard InChI is InChI=1S/C12H15F3N4O2/c1-7-5-8(21-2)18-10(17-7)19-9(20)11(12(13,14)15)3-4-16-6-11/h5,16H,3-4,6H2,1-2H3,(H,17,18,19,20). The number of carbonyl (C=O) groups is 1. The summed E-state index contributed by atoms with van der Waals surface area (Å²) in [7, 11) is 1.37. The van der Waals surface area contributed by atoms with Crippen molar-refractivity contribution in [1.29, 1.82) is 0 Å². The monoisotopic (exact) mass is 304 g/mol. The van der Waals surface area contributed by atoms with Crippen molar-refractivity contribution in [3.63, 3.8) is 0 Å². The van der Waals surface area contributed by atoms with Gasteiger partial charge in [-0.25, -0.2) is 4.98 Å². The van der Waals surface area contributed by atoms with Gasteiger partial charge in [0.15, 0.2) is 5.41 Å². The van der Waals surface area contributed by atoms with Crippen LogP contribution in [0, 0.1) is 12.3 Å². The largest absolute Gasteiger partial charge is 0.481 e. The molecule has 1 atom stereocenters. The summed E-state index contributed by atoms with van der Waals surface area (Å²) < 4.78 is 44.6. The molecular weight excluding hydrogens is 289 g/mol. The number of amides is 1. The van der Waals surface area contributed by atoms with Crippen molar-refractivity contribution < 1.29 is 22.7 Å². The highest BCUT2D eigenvalue weighted by molar-refractivity contribution is 5.95. The maximum absolute atomic E-state index is 13.2. The van der Waals surface area contributed by atoms with Gasteiger partial charge in [-0.15, -0.1) is 0 Å². The van der Waals surface area contributed by atoms with E-state index in [0.717, 1.165) is 0 Å². The van der Waals surface area contributed by atoms with Crippen LogP contribution in [0.3, 0.4) is 0 Å². The van der Waals surface area contributed by atoms with Crippen LogP contribution in [-0.4, -0.2) is 42.3 Å². The van der Waals surface area contributed by atoms with Crippen LogP contribution in [-0.2, 0) is 4.79 Å². The van der Waals surface area contributed by atoms with Crippen LogP contribution >= 0.6 is 0 Å². The fraction of sp³-hybridized carbons (Fsp3) is 0.583. The Kier molecular flexibility index (Phi) is 4.04. The van der Waals surface area contributed by atoms with Gasteiger partial charge in [0.05, 0.1) is 7.11 Å². The van der Waals surface area contributed by atoms with E-state index in [1.165, 1.54) is 13.2 Å². The van der Waals surface area contributed by atoms with Crippen molar-refractivity contribution in [3.05, 3.63) is 11.8 Å². The van der Waals surface area contributed by atoms with Crippen LogP contribution in [0.15, 0.2) is 6.07 Å². The van der Waals surface area contributed by atoms with Gasteiger partial charge in [-0.05, 0) is 19.9 Å². The van der Waals surface area contributed by atoms with Crippen molar-refractivity contribution >= 4 is 11.9 Å². The highest BCUT2D eigenvalue weighted by Gasteiger charge is 2.61. The van der Waals surface area contributed by atoms with E-state index in [1.807, 2.05) is 0 Å². The van der Waals surface area contributed by atoms with Crippen molar-refractivity contribution in [2.24, 2.45) is 5.41 Å². The second-order valence-corrected chi connectivity index (χ2v) is 4.84.